The standard InChI is InChI=1S/C21H23ClN2O/c1-16(19-9-5-6-10-20(19)22)23-21(25)15-24-13-11-18(12-14-24)17-7-3-2-4-8-17/h2-11,16H,12-15H2,1H3,(H,23,25)/p+1/t16-/m0/s1. The third-order valence-corrected chi connectivity index (χ3v) is 5.03. The quantitative estimate of drug-likeness (QED) is 0.849. The van der Waals surface area contributed by atoms with Crippen LogP contribution in [0.25, 0.3) is 5.57 Å². The van der Waals surface area contributed by atoms with Crippen LogP contribution in [0.5, 0.6) is 0 Å². The minimum absolute atomic E-state index is 0.0685. The maximum Gasteiger partial charge on any atom is 0.275 e. The van der Waals surface area contributed by atoms with E-state index in [9.17, 15) is 4.79 Å². The van der Waals surface area contributed by atoms with Crippen molar-refractivity contribution >= 4 is 23.1 Å². The second kappa shape index (κ2) is 8.32. The summed E-state index contributed by atoms with van der Waals surface area (Å²) >= 11 is 6.20. The van der Waals surface area contributed by atoms with E-state index >= 15 is 0 Å². The number of nitrogens with one attached hydrogen (secondary N) is 2. The van der Waals surface area contributed by atoms with Gasteiger partial charge in [-0.2, -0.15) is 0 Å². The van der Waals surface area contributed by atoms with Gasteiger partial charge < -0.3 is 10.2 Å². The fourth-order valence-corrected chi connectivity index (χ4v) is 3.58. The highest BCUT2D eigenvalue weighted by molar-refractivity contribution is 6.31. The summed E-state index contributed by atoms with van der Waals surface area (Å²) in [5.74, 6) is 0.0685. The van der Waals surface area contributed by atoms with E-state index in [1.807, 2.05) is 37.3 Å². The Bertz CT molecular complexity index is 758. The van der Waals surface area contributed by atoms with Crippen molar-refractivity contribution in [2.45, 2.75) is 19.4 Å². The highest BCUT2D eigenvalue weighted by Crippen LogP contribution is 2.22. The molecule has 3 nitrogen and oxygen atoms in total. The molecule has 0 aromatic heterocycles. The summed E-state index contributed by atoms with van der Waals surface area (Å²) in [5, 5.41) is 3.75. The number of hydrogen-bond donors (Lipinski definition) is 2. The number of rotatable bonds is 5. The van der Waals surface area contributed by atoms with Gasteiger partial charge >= 0.3 is 0 Å². The molecular formula is C21H24ClN2O+. The van der Waals surface area contributed by atoms with Crippen LogP contribution in [0, 0.1) is 0 Å². The van der Waals surface area contributed by atoms with Crippen molar-refractivity contribution in [3.8, 4) is 0 Å². The van der Waals surface area contributed by atoms with E-state index in [1.54, 1.807) is 0 Å². The Balaban J connectivity index is 1.53. The van der Waals surface area contributed by atoms with E-state index in [4.69, 9.17) is 11.6 Å². The summed E-state index contributed by atoms with van der Waals surface area (Å²) in [6.07, 6.45) is 3.27. The summed E-state index contributed by atoms with van der Waals surface area (Å²) in [6, 6.07) is 18.0. The number of carbonyl (C=O) groups is 1. The zero-order chi connectivity index (χ0) is 17.6. The molecule has 130 valence electrons. The van der Waals surface area contributed by atoms with Crippen LogP contribution in [0.3, 0.4) is 0 Å². The minimum Gasteiger partial charge on any atom is -0.345 e. The second-order valence-electron chi connectivity index (χ2n) is 6.54. The van der Waals surface area contributed by atoms with Gasteiger partial charge in [0.1, 0.15) is 0 Å². The average Bonchev–Trinajstić information content (AvgIpc) is 2.63. The molecule has 0 fully saturated rings. The van der Waals surface area contributed by atoms with Crippen LogP contribution in [0.2, 0.25) is 5.02 Å². The van der Waals surface area contributed by atoms with E-state index in [-0.39, 0.29) is 11.9 Å². The van der Waals surface area contributed by atoms with Crippen molar-refractivity contribution in [1.82, 2.24) is 5.32 Å². The Morgan fingerprint density at radius 3 is 2.56 bits per heavy atom. The number of halogens is 1. The fraction of sp³-hybridized carbons (Fsp3) is 0.286. The molecule has 25 heavy (non-hydrogen) atoms. The molecule has 2 aromatic carbocycles. The molecule has 0 spiro atoms. The molecule has 2 aromatic rings. The zero-order valence-corrected chi connectivity index (χ0v) is 15.2. The van der Waals surface area contributed by atoms with Crippen LogP contribution in [-0.4, -0.2) is 25.5 Å². The lowest BCUT2D eigenvalue weighted by Gasteiger charge is -2.24. The summed E-state index contributed by atoms with van der Waals surface area (Å²) in [7, 11) is 0. The summed E-state index contributed by atoms with van der Waals surface area (Å²) in [5.41, 5.74) is 3.63. The van der Waals surface area contributed by atoms with Crippen molar-refractivity contribution < 1.29 is 9.69 Å². The number of benzene rings is 2. The van der Waals surface area contributed by atoms with Gasteiger partial charge in [0, 0.05) is 11.4 Å². The van der Waals surface area contributed by atoms with Crippen LogP contribution in [0.4, 0.5) is 0 Å². The largest absolute Gasteiger partial charge is 0.345 e. The van der Waals surface area contributed by atoms with Crippen molar-refractivity contribution in [3.05, 3.63) is 76.8 Å². The highest BCUT2D eigenvalue weighted by Gasteiger charge is 2.20. The molecule has 0 aliphatic carbocycles. The second-order valence-corrected chi connectivity index (χ2v) is 6.94. The van der Waals surface area contributed by atoms with Crippen LogP contribution in [-0.2, 0) is 4.79 Å². The van der Waals surface area contributed by atoms with Gasteiger partial charge in [-0.3, -0.25) is 4.79 Å². The third-order valence-electron chi connectivity index (χ3n) is 4.69. The molecule has 1 heterocycles. The molecule has 1 amide bonds. The molecule has 0 bridgehead atoms. The highest BCUT2D eigenvalue weighted by atomic mass is 35.5. The van der Waals surface area contributed by atoms with Crippen molar-refractivity contribution in [3.63, 3.8) is 0 Å². The van der Waals surface area contributed by atoms with Gasteiger partial charge in [0.25, 0.3) is 5.91 Å². The SMILES string of the molecule is C[C@H](NC(=O)C[NH+]1CC=C(c2ccccc2)CC1)c1ccccc1Cl. The molecule has 4 heteroatoms. The zero-order valence-electron chi connectivity index (χ0n) is 14.5. The predicted molar refractivity (Wildman–Crippen MR) is 103 cm³/mol. The van der Waals surface area contributed by atoms with E-state index < -0.39 is 0 Å². The Morgan fingerprint density at radius 1 is 1.16 bits per heavy atom. The van der Waals surface area contributed by atoms with E-state index in [0.717, 1.165) is 25.1 Å². The Hall–Kier alpha value is -2.10. The Kier molecular flexibility index (Phi) is 5.90. The molecule has 0 saturated heterocycles. The lowest BCUT2D eigenvalue weighted by atomic mass is 9.99. The van der Waals surface area contributed by atoms with Gasteiger partial charge in [0.05, 0.1) is 19.1 Å². The molecule has 1 unspecified atom stereocenters. The number of carbonyl (C=O) groups excluding carboxylic acids is 1. The molecule has 2 N–H and O–H groups in total. The van der Waals surface area contributed by atoms with Crippen molar-refractivity contribution in [2.75, 3.05) is 19.6 Å². The summed E-state index contributed by atoms with van der Waals surface area (Å²) in [4.78, 5) is 13.7. The first-order chi connectivity index (χ1) is 12.1. The van der Waals surface area contributed by atoms with E-state index in [0.29, 0.717) is 11.6 Å². The molecule has 3 rings (SSSR count). The normalized spacial score (nSPS) is 18.3. The van der Waals surface area contributed by atoms with E-state index in [1.165, 1.54) is 16.0 Å². The first kappa shape index (κ1) is 17.7. The van der Waals surface area contributed by atoms with Gasteiger partial charge in [-0.05, 0) is 35.8 Å². The number of hydrogen-bond acceptors (Lipinski definition) is 1. The van der Waals surface area contributed by atoms with Crippen LogP contribution < -0.4 is 10.2 Å². The molecule has 1 aliphatic heterocycles. The lowest BCUT2D eigenvalue weighted by Crippen LogP contribution is -3.13. The molecule has 0 saturated carbocycles. The maximum atomic E-state index is 12.4. The summed E-state index contributed by atoms with van der Waals surface area (Å²) < 4.78 is 0. The molecule has 0 radical (unpaired) electrons. The first-order valence-corrected chi connectivity index (χ1v) is 9.13. The predicted octanol–water partition coefficient (Wildman–Crippen LogP) is 2.89. The van der Waals surface area contributed by atoms with Gasteiger partial charge in [0.2, 0.25) is 0 Å². The van der Waals surface area contributed by atoms with Crippen LogP contribution in [0.1, 0.15) is 30.5 Å². The van der Waals surface area contributed by atoms with Gasteiger partial charge in [-0.15, -0.1) is 0 Å². The fourth-order valence-electron chi connectivity index (χ4n) is 3.28. The minimum atomic E-state index is -0.0826. The monoisotopic (exact) mass is 355 g/mol. The average molecular weight is 356 g/mol. The van der Waals surface area contributed by atoms with Crippen molar-refractivity contribution in [2.24, 2.45) is 0 Å². The van der Waals surface area contributed by atoms with Crippen molar-refractivity contribution in [1.29, 1.82) is 0 Å². The molecule has 2 atom stereocenters. The lowest BCUT2D eigenvalue weighted by molar-refractivity contribution is -0.886. The third kappa shape index (κ3) is 4.71. The van der Waals surface area contributed by atoms with Crippen LogP contribution >= 0.6 is 11.6 Å². The molecular weight excluding hydrogens is 332 g/mol. The van der Waals surface area contributed by atoms with Gasteiger partial charge in [-0.1, -0.05) is 60.1 Å². The van der Waals surface area contributed by atoms with E-state index in [2.05, 4.69) is 35.7 Å². The number of amides is 1. The first-order valence-electron chi connectivity index (χ1n) is 8.75. The number of quaternary nitrogens is 1. The van der Waals surface area contributed by atoms with Gasteiger partial charge in [0.15, 0.2) is 6.54 Å². The smallest absolute Gasteiger partial charge is 0.275 e. The van der Waals surface area contributed by atoms with Crippen LogP contribution in [0.15, 0.2) is 60.7 Å². The Labute approximate surface area is 154 Å². The summed E-state index contributed by atoms with van der Waals surface area (Å²) in [6.45, 7) is 4.33. The maximum absolute atomic E-state index is 12.4. The molecule has 1 aliphatic rings. The topological polar surface area (TPSA) is 33.5 Å². The Morgan fingerprint density at radius 2 is 1.88 bits per heavy atom. The van der Waals surface area contributed by atoms with Gasteiger partial charge in [-0.25, -0.2) is 0 Å².